The first kappa shape index (κ1) is 8.70. The third-order valence-corrected chi connectivity index (χ3v) is 1.32. The van der Waals surface area contributed by atoms with Crippen molar-refractivity contribution in [2.45, 2.75) is 20.3 Å². The zero-order valence-electron chi connectivity index (χ0n) is 6.39. The minimum absolute atomic E-state index is 0.594. The average Bonchev–Trinajstić information content (AvgIpc) is 1.89. The summed E-state index contributed by atoms with van der Waals surface area (Å²) >= 11 is 0. The molecule has 0 heterocycles. The molecule has 0 aromatic rings. The van der Waals surface area contributed by atoms with Crippen molar-refractivity contribution in [3.05, 3.63) is 12.7 Å². The first-order chi connectivity index (χ1) is 4.31. The summed E-state index contributed by atoms with van der Waals surface area (Å²) in [4.78, 5) is 0. The highest BCUT2D eigenvalue weighted by Gasteiger charge is 1.93. The molecule has 0 aliphatic heterocycles. The molecule has 1 atom stereocenters. The smallest absolute Gasteiger partial charge is 0.0471 e. The van der Waals surface area contributed by atoms with Gasteiger partial charge in [0.15, 0.2) is 0 Å². The molecule has 0 aliphatic carbocycles. The molecule has 9 heavy (non-hydrogen) atoms. The lowest BCUT2D eigenvalue weighted by atomic mass is 10.1. The number of rotatable bonds is 5. The van der Waals surface area contributed by atoms with Crippen LogP contribution in [-0.4, -0.2) is 13.2 Å². The Balaban J connectivity index is 2.96. The van der Waals surface area contributed by atoms with Crippen LogP contribution in [0.4, 0.5) is 0 Å². The zero-order chi connectivity index (χ0) is 7.11. The van der Waals surface area contributed by atoms with Gasteiger partial charge in [0.05, 0.1) is 0 Å². The van der Waals surface area contributed by atoms with Gasteiger partial charge in [-0.05, 0) is 19.3 Å². The highest BCUT2D eigenvalue weighted by atomic mass is 16.5. The molecule has 0 N–H and O–H groups in total. The van der Waals surface area contributed by atoms with Gasteiger partial charge in [-0.15, -0.1) is 6.58 Å². The summed E-state index contributed by atoms with van der Waals surface area (Å²) in [6, 6.07) is 0. The summed E-state index contributed by atoms with van der Waals surface area (Å²) in [5.74, 6) is 0.594. The number of allylic oxidation sites excluding steroid dienone is 1. The molecule has 1 heteroatoms. The van der Waals surface area contributed by atoms with Crippen molar-refractivity contribution in [2.75, 3.05) is 13.2 Å². The van der Waals surface area contributed by atoms with E-state index in [2.05, 4.69) is 13.5 Å². The van der Waals surface area contributed by atoms with Gasteiger partial charge in [0.1, 0.15) is 0 Å². The number of ether oxygens (including phenoxy) is 1. The normalized spacial score (nSPS) is 13.1. The van der Waals surface area contributed by atoms with Gasteiger partial charge in [-0.1, -0.05) is 13.0 Å². The van der Waals surface area contributed by atoms with Crippen molar-refractivity contribution >= 4 is 0 Å². The molecule has 54 valence electrons. The second-order valence-corrected chi connectivity index (χ2v) is 2.20. The van der Waals surface area contributed by atoms with E-state index in [-0.39, 0.29) is 0 Å². The molecule has 0 rings (SSSR count). The molecule has 0 aromatic carbocycles. The monoisotopic (exact) mass is 128 g/mol. The lowest BCUT2D eigenvalue weighted by Gasteiger charge is -2.03. The minimum Gasteiger partial charge on any atom is -0.382 e. The average molecular weight is 128 g/mol. The summed E-state index contributed by atoms with van der Waals surface area (Å²) in [7, 11) is 0. The van der Waals surface area contributed by atoms with E-state index < -0.39 is 0 Å². The van der Waals surface area contributed by atoms with Gasteiger partial charge in [-0.3, -0.25) is 0 Å². The first-order valence-corrected chi connectivity index (χ1v) is 3.51. The highest BCUT2D eigenvalue weighted by Crippen LogP contribution is 2.01. The maximum atomic E-state index is 5.16. The van der Waals surface area contributed by atoms with Gasteiger partial charge < -0.3 is 4.74 Å². The number of hydrogen-bond donors (Lipinski definition) is 0. The van der Waals surface area contributed by atoms with Gasteiger partial charge in [0, 0.05) is 13.2 Å². The van der Waals surface area contributed by atoms with E-state index in [1.165, 1.54) is 0 Å². The molecule has 0 aromatic heterocycles. The van der Waals surface area contributed by atoms with Crippen LogP contribution in [0.3, 0.4) is 0 Å². The van der Waals surface area contributed by atoms with Crippen LogP contribution in [-0.2, 0) is 4.74 Å². The summed E-state index contributed by atoms with van der Waals surface area (Å²) in [5, 5.41) is 0. The fourth-order valence-electron chi connectivity index (χ4n) is 0.531. The Morgan fingerprint density at radius 1 is 1.67 bits per heavy atom. The van der Waals surface area contributed by atoms with Crippen LogP contribution in [0.1, 0.15) is 20.3 Å². The molecule has 0 saturated heterocycles. The summed E-state index contributed by atoms with van der Waals surface area (Å²) in [5.41, 5.74) is 0. The van der Waals surface area contributed by atoms with Crippen LogP contribution in [0.2, 0.25) is 0 Å². The maximum absolute atomic E-state index is 5.16. The van der Waals surface area contributed by atoms with Crippen LogP contribution in [0.5, 0.6) is 0 Å². The Bertz CT molecular complexity index is 69.0. The second-order valence-electron chi connectivity index (χ2n) is 2.20. The van der Waals surface area contributed by atoms with Crippen molar-refractivity contribution in [3.63, 3.8) is 0 Å². The predicted molar refractivity (Wildman–Crippen MR) is 40.5 cm³/mol. The molecular weight excluding hydrogens is 112 g/mol. The number of hydrogen-bond acceptors (Lipinski definition) is 1. The van der Waals surface area contributed by atoms with Crippen molar-refractivity contribution in [3.8, 4) is 0 Å². The van der Waals surface area contributed by atoms with Crippen LogP contribution in [0, 0.1) is 5.92 Å². The Kier molecular flexibility index (Phi) is 5.64. The summed E-state index contributed by atoms with van der Waals surface area (Å²) < 4.78 is 5.16. The van der Waals surface area contributed by atoms with E-state index in [1.807, 2.05) is 13.0 Å². The van der Waals surface area contributed by atoms with Crippen LogP contribution in [0.25, 0.3) is 0 Å². The summed E-state index contributed by atoms with van der Waals surface area (Å²) in [6.07, 6.45) is 3.05. The molecule has 0 aliphatic rings. The Morgan fingerprint density at radius 2 is 2.33 bits per heavy atom. The summed E-state index contributed by atoms with van der Waals surface area (Å²) in [6.45, 7) is 9.53. The standard InChI is InChI=1S/C8H16O/c1-4-8(3)6-7-9-5-2/h4,8H,1,5-7H2,2-3H3. The van der Waals surface area contributed by atoms with Gasteiger partial charge >= 0.3 is 0 Å². The molecular formula is C8H16O. The molecule has 0 bridgehead atoms. The molecule has 0 spiro atoms. The largest absolute Gasteiger partial charge is 0.382 e. The van der Waals surface area contributed by atoms with E-state index >= 15 is 0 Å². The van der Waals surface area contributed by atoms with Crippen molar-refractivity contribution in [1.29, 1.82) is 0 Å². The van der Waals surface area contributed by atoms with Gasteiger partial charge in [-0.25, -0.2) is 0 Å². The van der Waals surface area contributed by atoms with E-state index in [0.717, 1.165) is 19.6 Å². The van der Waals surface area contributed by atoms with Crippen LogP contribution >= 0.6 is 0 Å². The molecule has 0 radical (unpaired) electrons. The van der Waals surface area contributed by atoms with Crippen molar-refractivity contribution in [1.82, 2.24) is 0 Å². The van der Waals surface area contributed by atoms with E-state index in [9.17, 15) is 0 Å². The maximum Gasteiger partial charge on any atom is 0.0471 e. The SMILES string of the molecule is C=CC(C)CCOCC. The molecule has 0 saturated carbocycles. The quantitative estimate of drug-likeness (QED) is 0.407. The minimum atomic E-state index is 0.594. The van der Waals surface area contributed by atoms with Gasteiger partial charge in [0.25, 0.3) is 0 Å². The van der Waals surface area contributed by atoms with E-state index in [4.69, 9.17) is 4.74 Å². The van der Waals surface area contributed by atoms with Crippen molar-refractivity contribution < 1.29 is 4.74 Å². The molecule has 0 amide bonds. The zero-order valence-corrected chi connectivity index (χ0v) is 6.39. The fraction of sp³-hybridized carbons (Fsp3) is 0.750. The topological polar surface area (TPSA) is 9.23 Å². The van der Waals surface area contributed by atoms with Crippen LogP contribution < -0.4 is 0 Å². The second kappa shape index (κ2) is 5.83. The van der Waals surface area contributed by atoms with Crippen LogP contribution in [0.15, 0.2) is 12.7 Å². The van der Waals surface area contributed by atoms with E-state index in [0.29, 0.717) is 5.92 Å². The lowest BCUT2D eigenvalue weighted by molar-refractivity contribution is 0.138. The Labute approximate surface area is 57.7 Å². The van der Waals surface area contributed by atoms with E-state index in [1.54, 1.807) is 0 Å². The third kappa shape index (κ3) is 5.57. The Hall–Kier alpha value is -0.300. The molecule has 0 fully saturated rings. The highest BCUT2D eigenvalue weighted by molar-refractivity contribution is 4.74. The molecule has 1 unspecified atom stereocenters. The first-order valence-electron chi connectivity index (χ1n) is 3.51. The van der Waals surface area contributed by atoms with Gasteiger partial charge in [-0.2, -0.15) is 0 Å². The fourth-order valence-corrected chi connectivity index (χ4v) is 0.531. The Morgan fingerprint density at radius 3 is 2.78 bits per heavy atom. The lowest BCUT2D eigenvalue weighted by Crippen LogP contribution is -1.98. The predicted octanol–water partition coefficient (Wildman–Crippen LogP) is 2.24. The van der Waals surface area contributed by atoms with Gasteiger partial charge in [0.2, 0.25) is 0 Å². The molecule has 1 nitrogen and oxygen atoms in total. The van der Waals surface area contributed by atoms with Crippen molar-refractivity contribution in [2.24, 2.45) is 5.92 Å². The third-order valence-electron chi connectivity index (χ3n) is 1.32.